The van der Waals surface area contributed by atoms with Gasteiger partial charge >= 0.3 is 0 Å². The van der Waals surface area contributed by atoms with E-state index in [-0.39, 0.29) is 5.91 Å². The van der Waals surface area contributed by atoms with E-state index in [0.29, 0.717) is 31.2 Å². The van der Waals surface area contributed by atoms with E-state index in [2.05, 4.69) is 30.9 Å². The van der Waals surface area contributed by atoms with Crippen molar-refractivity contribution in [1.82, 2.24) is 4.90 Å². The van der Waals surface area contributed by atoms with Crippen LogP contribution in [0, 0.1) is 11.8 Å². The van der Waals surface area contributed by atoms with Crippen LogP contribution in [0.5, 0.6) is 0 Å². The molecule has 1 aromatic carbocycles. The Bertz CT molecular complexity index is 724. The number of carbonyl (C=O) groups is 2. The summed E-state index contributed by atoms with van der Waals surface area (Å²) < 4.78 is 0. The second-order valence-electron chi connectivity index (χ2n) is 10.4. The van der Waals surface area contributed by atoms with E-state index in [0.717, 1.165) is 55.9 Å². The minimum absolute atomic E-state index is 0.210. The number of hydrogen-bond acceptors (Lipinski definition) is 2. The third-order valence-corrected chi connectivity index (χ3v) is 7.18. The molecule has 1 aliphatic heterocycles. The molecule has 0 atom stereocenters. The highest BCUT2D eigenvalue weighted by molar-refractivity contribution is 5.94. The summed E-state index contributed by atoms with van der Waals surface area (Å²) in [6, 6.07) is 8.26. The van der Waals surface area contributed by atoms with Gasteiger partial charge in [-0.25, -0.2) is 0 Å². The van der Waals surface area contributed by atoms with Crippen molar-refractivity contribution in [1.29, 1.82) is 0 Å². The summed E-state index contributed by atoms with van der Waals surface area (Å²) in [6.07, 6.45) is 14.4. The molecule has 3 rings (SSSR count). The first kappa shape index (κ1) is 24.8. The molecule has 32 heavy (non-hydrogen) atoms. The number of hydrogen-bond donors (Lipinski definition) is 0. The van der Waals surface area contributed by atoms with Crippen LogP contribution < -0.4 is 4.90 Å². The maximum Gasteiger partial charge on any atom is 0.227 e. The Morgan fingerprint density at radius 3 is 2.25 bits per heavy atom. The summed E-state index contributed by atoms with van der Waals surface area (Å²) in [4.78, 5) is 30.5. The lowest BCUT2D eigenvalue weighted by Gasteiger charge is -2.29. The van der Waals surface area contributed by atoms with Gasteiger partial charge in [-0.1, -0.05) is 83.4 Å². The van der Waals surface area contributed by atoms with Crippen molar-refractivity contribution in [3.05, 3.63) is 29.8 Å². The maximum absolute atomic E-state index is 13.3. The van der Waals surface area contributed by atoms with Gasteiger partial charge in [0.2, 0.25) is 11.8 Å². The normalized spacial score (nSPS) is 19.2. The highest BCUT2D eigenvalue weighted by atomic mass is 16.2. The van der Waals surface area contributed by atoms with Gasteiger partial charge in [0, 0.05) is 38.2 Å². The number of fused-ring (bicyclic) bond motifs is 1. The quantitative estimate of drug-likeness (QED) is 0.510. The van der Waals surface area contributed by atoms with Crippen molar-refractivity contribution >= 4 is 17.5 Å². The number of rotatable bonds is 5. The Morgan fingerprint density at radius 2 is 1.53 bits per heavy atom. The van der Waals surface area contributed by atoms with E-state index in [1.807, 2.05) is 17.0 Å². The maximum atomic E-state index is 13.3. The average molecular weight is 441 g/mol. The topological polar surface area (TPSA) is 40.6 Å². The van der Waals surface area contributed by atoms with Crippen molar-refractivity contribution in [2.45, 2.75) is 104 Å². The number of benzene rings is 1. The largest absolute Gasteiger partial charge is 0.338 e. The van der Waals surface area contributed by atoms with Crippen molar-refractivity contribution < 1.29 is 9.59 Å². The van der Waals surface area contributed by atoms with Crippen LogP contribution in [0.25, 0.3) is 0 Å². The van der Waals surface area contributed by atoms with Crippen LogP contribution in [-0.2, 0) is 16.1 Å². The third-order valence-electron chi connectivity index (χ3n) is 7.18. The molecule has 2 aliphatic rings. The summed E-state index contributed by atoms with van der Waals surface area (Å²) in [5, 5.41) is 0. The monoisotopic (exact) mass is 440 g/mol. The van der Waals surface area contributed by atoms with Crippen LogP contribution in [0.2, 0.25) is 0 Å². The summed E-state index contributed by atoms with van der Waals surface area (Å²) in [6.45, 7) is 6.44. The van der Waals surface area contributed by atoms with Gasteiger partial charge < -0.3 is 9.80 Å². The first-order valence-corrected chi connectivity index (χ1v) is 13.2. The molecule has 1 aliphatic carbocycles. The molecule has 0 radical (unpaired) electrons. The van der Waals surface area contributed by atoms with Crippen molar-refractivity contribution in [2.24, 2.45) is 11.8 Å². The molecule has 4 heteroatoms. The Balaban J connectivity index is 1.79. The molecule has 0 N–H and O–H groups in total. The first-order chi connectivity index (χ1) is 15.5. The lowest BCUT2D eigenvalue weighted by molar-refractivity contribution is -0.132. The smallest absolute Gasteiger partial charge is 0.227 e. The van der Waals surface area contributed by atoms with Gasteiger partial charge in [0.25, 0.3) is 0 Å². The zero-order chi connectivity index (χ0) is 22.8. The minimum Gasteiger partial charge on any atom is -0.338 e. The molecule has 178 valence electrons. The van der Waals surface area contributed by atoms with E-state index in [9.17, 15) is 9.59 Å². The van der Waals surface area contributed by atoms with Crippen molar-refractivity contribution in [3.63, 3.8) is 0 Å². The van der Waals surface area contributed by atoms with E-state index >= 15 is 0 Å². The molecule has 1 heterocycles. The summed E-state index contributed by atoms with van der Waals surface area (Å²) in [7, 11) is 0. The predicted molar refractivity (Wildman–Crippen MR) is 133 cm³/mol. The molecule has 0 saturated heterocycles. The zero-order valence-corrected chi connectivity index (χ0v) is 20.5. The van der Waals surface area contributed by atoms with Gasteiger partial charge in [0.1, 0.15) is 0 Å². The van der Waals surface area contributed by atoms with E-state index in [4.69, 9.17) is 0 Å². The average Bonchev–Trinajstić information content (AvgIpc) is 3.29. The summed E-state index contributed by atoms with van der Waals surface area (Å²) in [5.41, 5.74) is 2.11. The number of nitrogens with zero attached hydrogens (tertiary/aromatic N) is 2. The number of amides is 2. The van der Waals surface area contributed by atoms with Gasteiger partial charge in [0.15, 0.2) is 0 Å². The fourth-order valence-corrected chi connectivity index (χ4v) is 5.31. The second kappa shape index (κ2) is 13.0. The van der Waals surface area contributed by atoms with Gasteiger partial charge in [-0.15, -0.1) is 0 Å². The molecule has 0 spiro atoms. The molecule has 0 aromatic heterocycles. The van der Waals surface area contributed by atoms with E-state index < -0.39 is 0 Å². The first-order valence-electron chi connectivity index (χ1n) is 13.2. The molecule has 1 saturated carbocycles. The van der Waals surface area contributed by atoms with Crippen LogP contribution >= 0.6 is 0 Å². The van der Waals surface area contributed by atoms with Gasteiger partial charge in [-0.05, 0) is 42.7 Å². The molecule has 0 bridgehead atoms. The number of anilines is 1. The van der Waals surface area contributed by atoms with Gasteiger partial charge in [0.05, 0.1) is 0 Å². The number of para-hydroxylation sites is 1. The van der Waals surface area contributed by atoms with Gasteiger partial charge in [-0.3, -0.25) is 9.59 Å². The third kappa shape index (κ3) is 7.64. The van der Waals surface area contributed by atoms with Crippen LogP contribution in [0.15, 0.2) is 24.3 Å². The fourth-order valence-electron chi connectivity index (χ4n) is 5.31. The fraction of sp³-hybridized carbons (Fsp3) is 0.714. The molecule has 2 amide bonds. The summed E-state index contributed by atoms with van der Waals surface area (Å²) in [5.74, 6) is 1.59. The lowest BCUT2D eigenvalue weighted by Crippen LogP contribution is -2.35. The highest BCUT2D eigenvalue weighted by Crippen LogP contribution is 2.30. The molecular weight excluding hydrogens is 396 g/mol. The molecule has 0 unspecified atom stereocenters. The Kier molecular flexibility index (Phi) is 10.1. The van der Waals surface area contributed by atoms with E-state index in [1.165, 1.54) is 44.9 Å². The lowest BCUT2D eigenvalue weighted by atomic mass is 10.0. The summed E-state index contributed by atoms with van der Waals surface area (Å²) >= 11 is 0. The predicted octanol–water partition coefficient (Wildman–Crippen LogP) is 6.72. The van der Waals surface area contributed by atoms with Crippen molar-refractivity contribution in [3.8, 4) is 0 Å². The van der Waals surface area contributed by atoms with Crippen molar-refractivity contribution in [2.75, 3.05) is 18.0 Å². The SMILES string of the molecule is CC(C)CC(=O)N1CCCCCCCCN(C(=O)CCC2CCCC2)Cc2ccccc21. The minimum atomic E-state index is 0.210. The van der Waals surface area contributed by atoms with E-state index in [1.54, 1.807) is 0 Å². The van der Waals surface area contributed by atoms with Gasteiger partial charge in [-0.2, -0.15) is 0 Å². The Labute approximate surface area is 195 Å². The Morgan fingerprint density at radius 1 is 0.875 bits per heavy atom. The highest BCUT2D eigenvalue weighted by Gasteiger charge is 2.23. The Hall–Kier alpha value is -1.84. The van der Waals surface area contributed by atoms with Crippen LogP contribution in [0.1, 0.15) is 103 Å². The van der Waals surface area contributed by atoms with Crippen LogP contribution in [0.3, 0.4) is 0 Å². The molecular formula is C28H44N2O2. The molecule has 4 nitrogen and oxygen atoms in total. The number of carbonyl (C=O) groups excluding carboxylic acids is 2. The second-order valence-corrected chi connectivity index (χ2v) is 10.4. The van der Waals surface area contributed by atoms with Crippen LogP contribution in [0.4, 0.5) is 5.69 Å². The van der Waals surface area contributed by atoms with Crippen LogP contribution in [-0.4, -0.2) is 29.8 Å². The molecule has 1 fully saturated rings. The standard InChI is InChI=1S/C28H44N2O2/c1-23(2)21-28(32)30-20-12-6-4-3-5-11-19-29(22-25-15-9-10-16-26(25)30)27(31)18-17-24-13-7-8-14-24/h9-10,15-16,23-24H,3-8,11-14,17-22H2,1-2H3. The molecule has 1 aromatic rings. The zero-order valence-electron chi connectivity index (χ0n) is 20.5.